The van der Waals surface area contributed by atoms with Crippen molar-refractivity contribution in [2.24, 2.45) is 0 Å². The number of carbonyl (C=O) groups excluding carboxylic acids is 2. The van der Waals surface area contributed by atoms with Gasteiger partial charge in [0.2, 0.25) is 5.91 Å². The standard InChI is InChI=1S/C21H23N5O2/c22-11-18-5-3-8-26(18)20(27)14-25-9-7-17(13-25)24-21(28)16-10-15-4-1-2-6-19(15)23-12-16/h1-2,4,6,10,12,17-18H,3,5,7-9,13-14H2,(H,24,28)/t17-,18-/m0/s1. The first-order valence-electron chi connectivity index (χ1n) is 9.71. The highest BCUT2D eigenvalue weighted by Crippen LogP contribution is 2.18. The van der Waals surface area contributed by atoms with Crippen LogP contribution >= 0.6 is 0 Å². The van der Waals surface area contributed by atoms with Gasteiger partial charge in [-0.25, -0.2) is 0 Å². The van der Waals surface area contributed by atoms with E-state index in [2.05, 4.69) is 21.3 Å². The molecule has 2 saturated heterocycles. The molecule has 2 amide bonds. The fourth-order valence-electron chi connectivity index (χ4n) is 4.04. The molecular formula is C21H23N5O2. The molecule has 1 aromatic heterocycles. The molecule has 0 bridgehead atoms. The minimum Gasteiger partial charge on any atom is -0.348 e. The molecule has 144 valence electrons. The van der Waals surface area contributed by atoms with Gasteiger partial charge in [-0.3, -0.25) is 19.5 Å². The van der Waals surface area contributed by atoms with E-state index in [1.54, 1.807) is 11.1 Å². The number of para-hydroxylation sites is 1. The highest BCUT2D eigenvalue weighted by molar-refractivity contribution is 5.97. The van der Waals surface area contributed by atoms with Gasteiger partial charge in [0.15, 0.2) is 0 Å². The van der Waals surface area contributed by atoms with E-state index in [1.165, 1.54) is 0 Å². The molecular weight excluding hydrogens is 354 g/mol. The second-order valence-electron chi connectivity index (χ2n) is 7.49. The largest absolute Gasteiger partial charge is 0.348 e. The fraction of sp³-hybridized carbons (Fsp3) is 0.429. The minimum absolute atomic E-state index is 0.00903. The lowest BCUT2D eigenvalue weighted by Gasteiger charge is -2.23. The zero-order valence-electron chi connectivity index (χ0n) is 15.7. The number of hydrogen-bond acceptors (Lipinski definition) is 5. The van der Waals surface area contributed by atoms with Crippen LogP contribution in [0.2, 0.25) is 0 Å². The van der Waals surface area contributed by atoms with Gasteiger partial charge in [-0.1, -0.05) is 18.2 Å². The van der Waals surface area contributed by atoms with Crippen molar-refractivity contribution in [1.82, 2.24) is 20.1 Å². The summed E-state index contributed by atoms with van der Waals surface area (Å²) in [6.45, 7) is 2.38. The van der Waals surface area contributed by atoms with E-state index in [0.29, 0.717) is 25.2 Å². The van der Waals surface area contributed by atoms with E-state index < -0.39 is 0 Å². The molecule has 0 aliphatic carbocycles. The molecule has 2 atom stereocenters. The molecule has 7 heteroatoms. The number of amides is 2. The topological polar surface area (TPSA) is 89.3 Å². The maximum atomic E-state index is 12.6. The Bertz CT molecular complexity index is 938. The molecule has 7 nitrogen and oxygen atoms in total. The Hall–Kier alpha value is -2.98. The summed E-state index contributed by atoms with van der Waals surface area (Å²) in [7, 11) is 0. The van der Waals surface area contributed by atoms with Crippen LogP contribution in [0.5, 0.6) is 0 Å². The minimum atomic E-state index is -0.286. The molecule has 4 rings (SSSR count). The summed E-state index contributed by atoms with van der Waals surface area (Å²) in [5.74, 6) is -0.129. The molecule has 1 N–H and O–H groups in total. The van der Waals surface area contributed by atoms with Crippen LogP contribution in [0.1, 0.15) is 29.6 Å². The van der Waals surface area contributed by atoms with Crippen LogP contribution in [-0.2, 0) is 4.79 Å². The predicted octanol–water partition coefficient (Wildman–Crippen LogP) is 1.55. The van der Waals surface area contributed by atoms with Crippen molar-refractivity contribution >= 4 is 22.7 Å². The van der Waals surface area contributed by atoms with Crippen molar-refractivity contribution in [3.05, 3.63) is 42.1 Å². The molecule has 2 aromatic rings. The van der Waals surface area contributed by atoms with E-state index in [-0.39, 0.29) is 23.9 Å². The third-order valence-electron chi connectivity index (χ3n) is 5.54. The van der Waals surface area contributed by atoms with Gasteiger partial charge in [-0.15, -0.1) is 0 Å². The number of fused-ring (bicyclic) bond motifs is 1. The molecule has 1 aromatic carbocycles. The number of likely N-dealkylation sites (tertiary alicyclic amines) is 2. The Labute approximate surface area is 163 Å². The highest BCUT2D eigenvalue weighted by Gasteiger charge is 2.31. The average Bonchev–Trinajstić information content (AvgIpc) is 3.36. The summed E-state index contributed by atoms with van der Waals surface area (Å²) >= 11 is 0. The number of pyridine rings is 1. The molecule has 2 aliphatic rings. The molecule has 0 spiro atoms. The van der Waals surface area contributed by atoms with Crippen molar-refractivity contribution in [2.75, 3.05) is 26.2 Å². The second-order valence-corrected chi connectivity index (χ2v) is 7.49. The van der Waals surface area contributed by atoms with Crippen molar-refractivity contribution < 1.29 is 9.59 Å². The Kier molecular flexibility index (Phi) is 5.22. The molecule has 2 fully saturated rings. The van der Waals surface area contributed by atoms with Crippen molar-refractivity contribution in [2.45, 2.75) is 31.3 Å². The van der Waals surface area contributed by atoms with Crippen LogP contribution in [0.15, 0.2) is 36.5 Å². The van der Waals surface area contributed by atoms with Gasteiger partial charge in [-0.2, -0.15) is 5.26 Å². The van der Waals surface area contributed by atoms with Gasteiger partial charge in [0.1, 0.15) is 6.04 Å². The Morgan fingerprint density at radius 2 is 2.11 bits per heavy atom. The fourth-order valence-corrected chi connectivity index (χ4v) is 4.04. The van der Waals surface area contributed by atoms with Crippen LogP contribution in [0.4, 0.5) is 0 Å². The average molecular weight is 377 g/mol. The Morgan fingerprint density at radius 1 is 1.25 bits per heavy atom. The first kappa shape index (κ1) is 18.4. The van der Waals surface area contributed by atoms with Crippen molar-refractivity contribution in [3.8, 4) is 6.07 Å². The van der Waals surface area contributed by atoms with E-state index >= 15 is 0 Å². The maximum Gasteiger partial charge on any atom is 0.253 e. The second kappa shape index (κ2) is 7.95. The number of benzene rings is 1. The molecule has 2 aliphatic heterocycles. The third-order valence-corrected chi connectivity index (χ3v) is 5.54. The maximum absolute atomic E-state index is 12.6. The monoisotopic (exact) mass is 377 g/mol. The van der Waals surface area contributed by atoms with E-state index in [0.717, 1.165) is 36.7 Å². The number of aromatic nitrogens is 1. The van der Waals surface area contributed by atoms with Crippen molar-refractivity contribution in [1.29, 1.82) is 5.26 Å². The summed E-state index contributed by atoms with van der Waals surface area (Å²) in [4.78, 5) is 33.2. The molecule has 3 heterocycles. The zero-order valence-corrected chi connectivity index (χ0v) is 15.7. The molecule has 28 heavy (non-hydrogen) atoms. The zero-order chi connectivity index (χ0) is 19.5. The Morgan fingerprint density at radius 3 is 2.96 bits per heavy atom. The van der Waals surface area contributed by atoms with Gasteiger partial charge in [0, 0.05) is 37.3 Å². The molecule has 0 radical (unpaired) electrons. The van der Waals surface area contributed by atoms with Crippen LogP contribution in [0, 0.1) is 11.3 Å². The van der Waals surface area contributed by atoms with Gasteiger partial charge in [0.05, 0.1) is 23.7 Å². The first-order chi connectivity index (χ1) is 13.6. The summed E-state index contributed by atoms with van der Waals surface area (Å²) in [5.41, 5.74) is 1.41. The summed E-state index contributed by atoms with van der Waals surface area (Å²) in [6.07, 6.45) is 4.06. The number of hydrogen-bond donors (Lipinski definition) is 1. The lowest BCUT2D eigenvalue weighted by molar-refractivity contribution is -0.132. The van der Waals surface area contributed by atoms with Crippen LogP contribution in [-0.4, -0.2) is 64.9 Å². The number of rotatable bonds is 4. The highest BCUT2D eigenvalue weighted by atomic mass is 16.2. The first-order valence-corrected chi connectivity index (χ1v) is 9.71. The number of nitrogens with one attached hydrogen (secondary N) is 1. The van der Waals surface area contributed by atoms with E-state index in [9.17, 15) is 9.59 Å². The summed E-state index contributed by atoms with van der Waals surface area (Å²) in [6, 6.07) is 11.5. The Balaban J connectivity index is 1.32. The molecule has 0 unspecified atom stereocenters. The normalized spacial score (nSPS) is 22.3. The van der Waals surface area contributed by atoms with E-state index in [4.69, 9.17) is 5.26 Å². The van der Waals surface area contributed by atoms with Crippen LogP contribution in [0.3, 0.4) is 0 Å². The predicted molar refractivity (Wildman–Crippen MR) is 104 cm³/mol. The quantitative estimate of drug-likeness (QED) is 0.873. The van der Waals surface area contributed by atoms with Gasteiger partial charge in [-0.05, 0) is 31.4 Å². The third kappa shape index (κ3) is 3.82. The summed E-state index contributed by atoms with van der Waals surface area (Å²) in [5, 5.41) is 13.1. The summed E-state index contributed by atoms with van der Waals surface area (Å²) < 4.78 is 0. The van der Waals surface area contributed by atoms with Crippen LogP contribution < -0.4 is 5.32 Å². The lowest BCUT2D eigenvalue weighted by Crippen LogP contribution is -2.43. The van der Waals surface area contributed by atoms with Crippen LogP contribution in [0.25, 0.3) is 10.9 Å². The lowest BCUT2D eigenvalue weighted by atomic mass is 10.1. The van der Waals surface area contributed by atoms with E-state index in [1.807, 2.05) is 30.3 Å². The smallest absolute Gasteiger partial charge is 0.253 e. The van der Waals surface area contributed by atoms with Gasteiger partial charge < -0.3 is 10.2 Å². The van der Waals surface area contributed by atoms with Gasteiger partial charge in [0.25, 0.3) is 5.91 Å². The SMILES string of the molecule is N#C[C@@H]1CCCN1C(=O)CN1CC[C@H](NC(=O)c2cnc3ccccc3c2)C1. The van der Waals surface area contributed by atoms with Crippen molar-refractivity contribution in [3.63, 3.8) is 0 Å². The molecule has 0 saturated carbocycles. The number of nitriles is 1. The number of carbonyl (C=O) groups is 2. The van der Waals surface area contributed by atoms with Gasteiger partial charge >= 0.3 is 0 Å². The number of nitrogens with zero attached hydrogens (tertiary/aromatic N) is 4.